The average Bonchev–Trinajstić information content (AvgIpc) is 2.51. The lowest BCUT2D eigenvalue weighted by Gasteiger charge is -2.56. The lowest BCUT2D eigenvalue weighted by molar-refractivity contribution is -0.122. The molecule has 1 N–H and O–H groups in total. The van der Waals surface area contributed by atoms with Crippen LogP contribution in [0.1, 0.15) is 44.1 Å². The highest BCUT2D eigenvalue weighted by Gasteiger charge is 2.51. The van der Waals surface area contributed by atoms with E-state index in [9.17, 15) is 10.1 Å². The van der Waals surface area contributed by atoms with Gasteiger partial charge >= 0.3 is 0 Å². The molecule has 118 valence electrons. The summed E-state index contributed by atoms with van der Waals surface area (Å²) >= 11 is 0. The van der Waals surface area contributed by atoms with Gasteiger partial charge in [0.1, 0.15) is 11.6 Å². The van der Waals surface area contributed by atoms with Gasteiger partial charge in [-0.05, 0) is 67.9 Å². The summed E-state index contributed by atoms with van der Waals surface area (Å²) in [5, 5.41) is 12.7. The molecule has 1 amide bonds. The van der Waals surface area contributed by atoms with E-state index in [4.69, 9.17) is 0 Å². The predicted molar refractivity (Wildman–Crippen MR) is 89.1 cm³/mol. The van der Waals surface area contributed by atoms with Crippen molar-refractivity contribution in [2.75, 3.05) is 0 Å². The molecule has 5 rings (SSSR count). The van der Waals surface area contributed by atoms with Gasteiger partial charge in [0.25, 0.3) is 5.91 Å². The average molecular weight is 306 g/mol. The first kappa shape index (κ1) is 14.5. The van der Waals surface area contributed by atoms with Crippen LogP contribution in [0, 0.1) is 29.1 Å². The Balaban J connectivity index is 1.53. The van der Waals surface area contributed by atoms with E-state index in [0.717, 1.165) is 42.6 Å². The third-order valence-electron chi connectivity index (χ3n) is 5.89. The molecule has 4 bridgehead atoms. The van der Waals surface area contributed by atoms with Gasteiger partial charge in [-0.2, -0.15) is 5.26 Å². The van der Waals surface area contributed by atoms with Crippen LogP contribution in [0.2, 0.25) is 0 Å². The minimum absolute atomic E-state index is 0.0432. The second kappa shape index (κ2) is 5.53. The van der Waals surface area contributed by atoms with E-state index in [2.05, 4.69) is 11.4 Å². The van der Waals surface area contributed by atoms with Crippen molar-refractivity contribution in [3.8, 4) is 6.07 Å². The molecule has 0 atom stereocenters. The number of carbonyl (C=O) groups is 1. The van der Waals surface area contributed by atoms with E-state index >= 15 is 0 Å². The fourth-order valence-electron chi connectivity index (χ4n) is 5.44. The molecule has 4 saturated carbocycles. The third kappa shape index (κ3) is 2.79. The van der Waals surface area contributed by atoms with Gasteiger partial charge in [0.05, 0.1) is 0 Å². The Kier molecular flexibility index (Phi) is 3.49. The summed E-state index contributed by atoms with van der Waals surface area (Å²) < 4.78 is 0. The molecule has 0 unspecified atom stereocenters. The van der Waals surface area contributed by atoms with Crippen molar-refractivity contribution in [2.45, 2.75) is 44.1 Å². The monoisotopic (exact) mass is 306 g/mol. The van der Waals surface area contributed by atoms with E-state index < -0.39 is 0 Å². The summed E-state index contributed by atoms with van der Waals surface area (Å²) in [6.45, 7) is 0. The molecule has 0 spiro atoms. The van der Waals surface area contributed by atoms with Gasteiger partial charge in [0.2, 0.25) is 0 Å². The number of hydrogen-bond donors (Lipinski definition) is 1. The quantitative estimate of drug-likeness (QED) is 0.684. The number of nitrogens with zero attached hydrogens (tertiary/aromatic N) is 1. The van der Waals surface area contributed by atoms with Crippen LogP contribution < -0.4 is 5.32 Å². The number of benzene rings is 1. The zero-order valence-corrected chi connectivity index (χ0v) is 13.3. The van der Waals surface area contributed by atoms with Crippen molar-refractivity contribution < 1.29 is 4.79 Å². The Labute approximate surface area is 137 Å². The largest absolute Gasteiger partial charge is 0.346 e. The maximum atomic E-state index is 12.7. The highest BCUT2D eigenvalue weighted by Crippen LogP contribution is 2.55. The van der Waals surface area contributed by atoms with Crippen LogP contribution in [0.15, 0.2) is 35.9 Å². The van der Waals surface area contributed by atoms with E-state index in [0.29, 0.717) is 0 Å². The molecule has 0 aliphatic heterocycles. The minimum Gasteiger partial charge on any atom is -0.346 e. The van der Waals surface area contributed by atoms with Gasteiger partial charge in [0, 0.05) is 5.54 Å². The maximum absolute atomic E-state index is 12.7. The Morgan fingerprint density at radius 2 is 1.65 bits per heavy atom. The van der Waals surface area contributed by atoms with Crippen LogP contribution >= 0.6 is 0 Å². The lowest BCUT2D eigenvalue weighted by Crippen LogP contribution is -2.60. The van der Waals surface area contributed by atoms with E-state index in [1.54, 1.807) is 6.08 Å². The van der Waals surface area contributed by atoms with Crippen molar-refractivity contribution >= 4 is 12.0 Å². The molecule has 0 radical (unpaired) electrons. The zero-order valence-electron chi connectivity index (χ0n) is 13.3. The Morgan fingerprint density at radius 1 is 1.09 bits per heavy atom. The van der Waals surface area contributed by atoms with Gasteiger partial charge in [0.15, 0.2) is 0 Å². The molecule has 3 heteroatoms. The van der Waals surface area contributed by atoms with Crippen LogP contribution in [0.25, 0.3) is 6.08 Å². The van der Waals surface area contributed by atoms with Crippen LogP contribution in [-0.2, 0) is 4.79 Å². The van der Waals surface area contributed by atoms with Crippen LogP contribution in [0.4, 0.5) is 0 Å². The van der Waals surface area contributed by atoms with Gasteiger partial charge in [-0.1, -0.05) is 30.3 Å². The molecule has 4 fully saturated rings. The predicted octanol–water partition coefficient (Wildman–Crippen LogP) is 3.68. The molecular weight excluding hydrogens is 284 g/mol. The molecule has 1 aromatic rings. The first-order chi connectivity index (χ1) is 11.2. The Morgan fingerprint density at radius 3 is 2.17 bits per heavy atom. The normalized spacial score (nSPS) is 34.9. The van der Waals surface area contributed by atoms with Gasteiger partial charge in [-0.25, -0.2) is 0 Å². The number of hydrogen-bond acceptors (Lipinski definition) is 2. The highest BCUT2D eigenvalue weighted by molar-refractivity contribution is 6.02. The summed E-state index contributed by atoms with van der Waals surface area (Å²) in [6.07, 6.45) is 9.05. The Hall–Kier alpha value is -2.08. The van der Waals surface area contributed by atoms with Crippen LogP contribution in [0.3, 0.4) is 0 Å². The number of nitrogens with one attached hydrogen (secondary N) is 1. The van der Waals surface area contributed by atoms with Gasteiger partial charge in [-0.3, -0.25) is 4.79 Å². The Bertz CT molecular complexity index is 648. The second-order valence-electron chi connectivity index (χ2n) is 7.73. The molecule has 1 aromatic carbocycles. The fraction of sp³-hybridized carbons (Fsp3) is 0.500. The first-order valence-electron chi connectivity index (χ1n) is 8.65. The zero-order chi connectivity index (χ0) is 15.9. The van der Waals surface area contributed by atoms with E-state index in [-0.39, 0.29) is 17.0 Å². The van der Waals surface area contributed by atoms with Crippen molar-refractivity contribution in [3.05, 3.63) is 41.5 Å². The molecule has 4 aliphatic carbocycles. The van der Waals surface area contributed by atoms with Gasteiger partial charge < -0.3 is 5.32 Å². The number of nitriles is 1. The topological polar surface area (TPSA) is 52.9 Å². The van der Waals surface area contributed by atoms with Crippen molar-refractivity contribution in [2.24, 2.45) is 17.8 Å². The molecule has 3 nitrogen and oxygen atoms in total. The van der Waals surface area contributed by atoms with E-state index in [1.165, 1.54) is 19.3 Å². The molecular formula is C20H22N2O. The smallest absolute Gasteiger partial charge is 0.262 e. The standard InChI is InChI=1S/C20H22N2O/c21-13-18(9-14-4-2-1-3-5-14)19(23)22-20-10-15-6-16(11-20)8-17(7-15)12-20/h1-5,9,15-17H,6-8,10-12H2,(H,22,23)/b18-9-. The summed E-state index contributed by atoms with van der Waals surface area (Å²) in [7, 11) is 0. The van der Waals surface area contributed by atoms with E-state index in [1.807, 2.05) is 30.3 Å². The third-order valence-corrected chi connectivity index (χ3v) is 5.89. The summed E-state index contributed by atoms with van der Waals surface area (Å²) in [4.78, 5) is 12.7. The van der Waals surface area contributed by atoms with Gasteiger partial charge in [-0.15, -0.1) is 0 Å². The lowest BCUT2D eigenvalue weighted by atomic mass is 9.53. The first-order valence-corrected chi connectivity index (χ1v) is 8.65. The maximum Gasteiger partial charge on any atom is 0.262 e. The molecule has 23 heavy (non-hydrogen) atoms. The molecule has 4 aliphatic rings. The number of rotatable bonds is 3. The van der Waals surface area contributed by atoms with Crippen molar-refractivity contribution in [3.63, 3.8) is 0 Å². The highest BCUT2D eigenvalue weighted by atomic mass is 16.1. The molecule has 0 saturated heterocycles. The molecule has 0 aromatic heterocycles. The number of amides is 1. The SMILES string of the molecule is N#C/C(=C/c1ccccc1)C(=O)NC12CC3CC(CC(C3)C1)C2. The van der Waals surface area contributed by atoms with Crippen molar-refractivity contribution in [1.29, 1.82) is 5.26 Å². The summed E-state index contributed by atoms with van der Waals surface area (Å²) in [5.74, 6) is 2.15. The van der Waals surface area contributed by atoms with Crippen LogP contribution in [-0.4, -0.2) is 11.4 Å². The summed E-state index contributed by atoms with van der Waals surface area (Å²) in [5.41, 5.74) is 1.06. The fourth-order valence-corrected chi connectivity index (χ4v) is 5.44. The summed E-state index contributed by atoms with van der Waals surface area (Å²) in [6, 6.07) is 11.7. The minimum atomic E-state index is -0.196. The van der Waals surface area contributed by atoms with Crippen molar-refractivity contribution in [1.82, 2.24) is 5.32 Å². The van der Waals surface area contributed by atoms with Crippen LogP contribution in [0.5, 0.6) is 0 Å². The number of carbonyl (C=O) groups excluding carboxylic acids is 1. The molecule has 0 heterocycles. The second-order valence-corrected chi connectivity index (χ2v) is 7.73.